The van der Waals surface area contributed by atoms with Crippen LogP contribution in [0.3, 0.4) is 0 Å². The van der Waals surface area contributed by atoms with Gasteiger partial charge in [0.15, 0.2) is 11.7 Å². The van der Waals surface area contributed by atoms with E-state index in [0.717, 1.165) is 0 Å². The normalized spacial score (nSPS) is 23.2. The molecular weight excluding hydrogens is 568 g/mol. The molecule has 1 fully saturated rings. The van der Waals surface area contributed by atoms with Gasteiger partial charge in [0.05, 0.1) is 23.9 Å². The summed E-state index contributed by atoms with van der Waals surface area (Å²) in [6.07, 6.45) is -5.36. The smallest absolute Gasteiger partial charge is 0.295 e. The number of aromatic nitrogens is 2. The summed E-state index contributed by atoms with van der Waals surface area (Å²) < 4.78 is 16.6. The fourth-order valence-electron chi connectivity index (χ4n) is 4.98. The van der Waals surface area contributed by atoms with E-state index in [1.54, 1.807) is 20.0 Å². The molecule has 1 aromatic carbocycles. The molecule has 4 rings (SSSR count). The highest BCUT2D eigenvalue weighted by Crippen LogP contribution is 2.41. The Labute approximate surface area is 244 Å². The number of hydrogen-bond donors (Lipinski definition) is 7. The zero-order chi connectivity index (χ0) is 31.3. The van der Waals surface area contributed by atoms with Gasteiger partial charge in [0.2, 0.25) is 5.91 Å². The molecule has 1 saturated heterocycles. The summed E-state index contributed by atoms with van der Waals surface area (Å²) in [5.41, 5.74) is 0.919. The van der Waals surface area contributed by atoms with E-state index >= 15 is 0 Å². The summed E-state index contributed by atoms with van der Waals surface area (Å²) in [5, 5.41) is 54.3. The number of aromatic hydroxyl groups is 1. The molecule has 1 amide bonds. The minimum absolute atomic E-state index is 0.0188. The number of imidazole rings is 1. The van der Waals surface area contributed by atoms with Crippen molar-refractivity contribution in [1.29, 1.82) is 0 Å². The Morgan fingerprint density at radius 3 is 2.70 bits per heavy atom. The van der Waals surface area contributed by atoms with E-state index in [-0.39, 0.29) is 60.3 Å². The van der Waals surface area contributed by atoms with E-state index < -0.39 is 54.7 Å². The van der Waals surface area contributed by atoms with E-state index in [9.17, 15) is 39.9 Å². The Morgan fingerprint density at radius 1 is 1.26 bits per heavy atom. The predicted molar refractivity (Wildman–Crippen MR) is 149 cm³/mol. The second-order valence-corrected chi connectivity index (χ2v) is 10.3. The first kappa shape index (κ1) is 31.8. The largest absolute Gasteiger partial charge is 0.507 e. The van der Waals surface area contributed by atoms with Gasteiger partial charge in [0.1, 0.15) is 47.6 Å². The van der Waals surface area contributed by atoms with E-state index in [2.05, 4.69) is 20.3 Å². The minimum atomic E-state index is -1.71. The molecule has 2 aromatic heterocycles. The molecule has 43 heavy (non-hydrogen) atoms. The number of rotatable bonds is 12. The number of benzene rings is 1. The summed E-state index contributed by atoms with van der Waals surface area (Å²) in [6.45, 7) is 2.91. The number of aliphatic imine (C=N–C) groups is 1. The molecule has 232 valence electrons. The molecule has 0 saturated carbocycles. The number of phenolic OH excluding ortho intramolecular Hbond substituents is 1. The maximum absolute atomic E-state index is 13.1. The van der Waals surface area contributed by atoms with Crippen molar-refractivity contribution >= 4 is 29.1 Å². The predicted octanol–water partition coefficient (Wildman–Crippen LogP) is -0.703. The molecule has 0 radical (unpaired) electrons. The van der Waals surface area contributed by atoms with Gasteiger partial charge in [-0.3, -0.25) is 19.4 Å². The van der Waals surface area contributed by atoms with Gasteiger partial charge in [-0.25, -0.2) is 4.98 Å². The Hall–Kier alpha value is -4.15. The van der Waals surface area contributed by atoms with Gasteiger partial charge in [0, 0.05) is 49.5 Å². The second kappa shape index (κ2) is 13.9. The van der Waals surface area contributed by atoms with Crippen molar-refractivity contribution in [2.75, 3.05) is 13.2 Å². The van der Waals surface area contributed by atoms with Crippen molar-refractivity contribution in [2.45, 2.75) is 69.9 Å². The fourth-order valence-corrected chi connectivity index (χ4v) is 4.98. The number of aryl methyl sites for hydroxylation is 1. The molecule has 15 heteroatoms. The molecule has 0 spiro atoms. The standard InChI is InChI=1S/C28H34N4O11/c1-13-5-17(35)23(28-26(40)25(39)24(38)19(10-33)43-28)27-22(13)18(36)8-16(42-27)6-14(2)30-4-3-20(37)32-21(41-12-34)7-15-9-29-11-31-15/h5,8-9,11-12,19,21,24-26,28,33,35,38-40H,3-4,6-7,10H2,1-2H3,(H,29,31)(H,32,37). The van der Waals surface area contributed by atoms with E-state index in [4.69, 9.17) is 13.9 Å². The number of carbonyl (C=O) groups excluding carboxylic acids is 2. The van der Waals surface area contributed by atoms with Crippen molar-refractivity contribution in [3.63, 3.8) is 0 Å². The molecule has 6 unspecified atom stereocenters. The van der Waals surface area contributed by atoms with Gasteiger partial charge in [-0.1, -0.05) is 0 Å². The third kappa shape index (κ3) is 7.26. The van der Waals surface area contributed by atoms with E-state index in [0.29, 0.717) is 17.0 Å². The highest BCUT2D eigenvalue weighted by atomic mass is 16.5. The number of hydrogen-bond acceptors (Lipinski definition) is 13. The number of aliphatic hydroxyl groups is 4. The van der Waals surface area contributed by atoms with E-state index in [1.165, 1.54) is 18.5 Å². The number of nitrogens with zero attached hydrogens (tertiary/aromatic N) is 2. The van der Waals surface area contributed by atoms with Crippen molar-refractivity contribution < 1.29 is 49.0 Å². The number of ether oxygens (including phenoxy) is 2. The lowest BCUT2D eigenvalue weighted by molar-refractivity contribution is -0.231. The summed E-state index contributed by atoms with van der Waals surface area (Å²) in [5.74, 6) is -0.622. The molecule has 0 aliphatic carbocycles. The topological polar surface area (TPSA) is 237 Å². The molecule has 0 bridgehead atoms. The lowest BCUT2D eigenvalue weighted by Gasteiger charge is -2.40. The summed E-state index contributed by atoms with van der Waals surface area (Å²) in [7, 11) is 0. The summed E-state index contributed by atoms with van der Waals surface area (Å²) in [4.78, 5) is 47.4. The minimum Gasteiger partial charge on any atom is -0.507 e. The Kier molecular flexibility index (Phi) is 10.3. The molecule has 15 nitrogen and oxygen atoms in total. The van der Waals surface area contributed by atoms with Crippen LogP contribution in [0.5, 0.6) is 5.75 Å². The molecule has 3 aromatic rings. The first-order valence-corrected chi connectivity index (χ1v) is 13.5. The van der Waals surface area contributed by atoms with Crippen LogP contribution in [0.4, 0.5) is 0 Å². The van der Waals surface area contributed by atoms with Crippen LogP contribution in [0.1, 0.15) is 42.0 Å². The van der Waals surface area contributed by atoms with Crippen LogP contribution in [0.15, 0.2) is 38.9 Å². The van der Waals surface area contributed by atoms with Gasteiger partial charge in [-0.05, 0) is 25.5 Å². The number of fused-ring (bicyclic) bond motifs is 1. The molecule has 1 aliphatic rings. The number of nitrogens with one attached hydrogen (secondary N) is 2. The zero-order valence-electron chi connectivity index (χ0n) is 23.5. The molecule has 7 N–H and O–H groups in total. The fraction of sp³-hybridized carbons (Fsp3) is 0.464. The number of aromatic amines is 1. The SMILES string of the molecule is CC(Cc1cc(=O)c2c(C)cc(O)c(C3OC(CO)C(O)C(O)C3O)c2o1)=NCCC(=O)NC(Cc1cnc[nH]1)OC=O. The first-order valence-electron chi connectivity index (χ1n) is 13.5. The monoisotopic (exact) mass is 602 g/mol. The van der Waals surface area contributed by atoms with Crippen molar-refractivity contribution in [1.82, 2.24) is 15.3 Å². The third-order valence-corrected chi connectivity index (χ3v) is 7.10. The quantitative estimate of drug-likeness (QED) is 0.0774. The van der Waals surface area contributed by atoms with Crippen LogP contribution in [-0.4, -0.2) is 97.4 Å². The number of carbonyl (C=O) groups is 2. The van der Waals surface area contributed by atoms with Crippen LogP contribution in [0, 0.1) is 6.92 Å². The van der Waals surface area contributed by atoms with Crippen molar-refractivity contribution in [2.24, 2.45) is 4.99 Å². The number of aliphatic hydroxyl groups excluding tert-OH is 4. The third-order valence-electron chi connectivity index (χ3n) is 7.10. The number of amides is 1. The van der Waals surface area contributed by atoms with Gasteiger partial charge >= 0.3 is 0 Å². The number of H-pyrrole nitrogens is 1. The molecule has 1 aliphatic heterocycles. The van der Waals surface area contributed by atoms with Crippen LogP contribution in [0.2, 0.25) is 0 Å². The van der Waals surface area contributed by atoms with Crippen LogP contribution in [0.25, 0.3) is 11.0 Å². The van der Waals surface area contributed by atoms with Gasteiger partial charge < -0.3 is 49.7 Å². The number of phenols is 1. The summed E-state index contributed by atoms with van der Waals surface area (Å²) >= 11 is 0. The van der Waals surface area contributed by atoms with Crippen molar-refractivity contribution in [3.05, 3.63) is 57.5 Å². The molecule has 3 heterocycles. The van der Waals surface area contributed by atoms with Crippen molar-refractivity contribution in [3.8, 4) is 5.75 Å². The van der Waals surface area contributed by atoms with E-state index in [1.807, 2.05) is 0 Å². The van der Waals surface area contributed by atoms with Gasteiger partial charge in [-0.15, -0.1) is 0 Å². The van der Waals surface area contributed by atoms with Gasteiger partial charge in [0.25, 0.3) is 6.47 Å². The van der Waals surface area contributed by atoms with Crippen LogP contribution in [-0.2, 0) is 31.9 Å². The molecular formula is C28H34N4O11. The lowest BCUT2D eigenvalue weighted by Crippen LogP contribution is -2.55. The Balaban J connectivity index is 1.51. The zero-order valence-corrected chi connectivity index (χ0v) is 23.5. The highest BCUT2D eigenvalue weighted by molar-refractivity contribution is 5.87. The average molecular weight is 603 g/mol. The van der Waals surface area contributed by atoms with Crippen LogP contribution < -0.4 is 10.7 Å². The molecule has 6 atom stereocenters. The Morgan fingerprint density at radius 2 is 2.02 bits per heavy atom. The maximum Gasteiger partial charge on any atom is 0.295 e. The second-order valence-electron chi connectivity index (χ2n) is 10.3. The highest BCUT2D eigenvalue weighted by Gasteiger charge is 2.46. The van der Waals surface area contributed by atoms with Crippen LogP contribution >= 0.6 is 0 Å². The average Bonchev–Trinajstić information content (AvgIpc) is 3.45. The lowest BCUT2D eigenvalue weighted by atomic mass is 9.89. The maximum atomic E-state index is 13.1. The van der Waals surface area contributed by atoms with Gasteiger partial charge in [-0.2, -0.15) is 0 Å². The Bertz CT molecular complexity index is 1520. The summed E-state index contributed by atoms with van der Waals surface area (Å²) in [6, 6.07) is 2.57. The first-order chi connectivity index (χ1) is 20.5.